The first kappa shape index (κ1) is 17.2. The highest BCUT2D eigenvalue weighted by Crippen LogP contribution is 2.22. The normalized spacial score (nSPS) is 11.0. The number of halogens is 1. The number of aromatic carboxylic acids is 1. The van der Waals surface area contributed by atoms with Crippen LogP contribution in [0.4, 0.5) is 10.5 Å². The van der Waals surface area contributed by atoms with Gasteiger partial charge in [0.2, 0.25) is 10.0 Å². The number of carbonyl (C=O) groups excluding carboxylic acids is 1. The van der Waals surface area contributed by atoms with Crippen LogP contribution < -0.4 is 15.4 Å². The fraction of sp³-hybridized carbons (Fsp3) is 0.273. The smallest absolute Gasteiger partial charge is 0.335 e. The molecule has 0 aromatic heterocycles. The van der Waals surface area contributed by atoms with E-state index in [1.54, 1.807) is 0 Å². The molecule has 0 saturated carbocycles. The van der Waals surface area contributed by atoms with Crippen molar-refractivity contribution < 1.29 is 23.1 Å². The summed E-state index contributed by atoms with van der Waals surface area (Å²) in [6, 6.07) is 3.18. The molecule has 0 aliphatic rings. The molecule has 0 spiro atoms. The summed E-state index contributed by atoms with van der Waals surface area (Å²) in [6.45, 7) is -0.0835. The van der Waals surface area contributed by atoms with Crippen molar-refractivity contribution >= 4 is 39.3 Å². The Kier molecular flexibility index (Phi) is 5.94. The second-order valence-electron chi connectivity index (χ2n) is 3.90. The van der Waals surface area contributed by atoms with E-state index in [-0.39, 0.29) is 28.6 Å². The molecule has 1 rings (SSSR count). The zero-order valence-corrected chi connectivity index (χ0v) is 12.6. The highest BCUT2D eigenvalue weighted by molar-refractivity contribution is 7.89. The van der Waals surface area contributed by atoms with Crippen LogP contribution in [-0.2, 0) is 10.0 Å². The van der Waals surface area contributed by atoms with Gasteiger partial charge in [0.1, 0.15) is 0 Å². The fourth-order valence-electron chi connectivity index (χ4n) is 1.32. The zero-order chi connectivity index (χ0) is 16.0. The summed E-state index contributed by atoms with van der Waals surface area (Å²) in [7, 11) is -2.12. The topological polar surface area (TPSA) is 125 Å². The number of urea groups is 1. The Morgan fingerprint density at radius 3 is 2.52 bits per heavy atom. The Hall–Kier alpha value is -1.84. The molecule has 0 aliphatic heterocycles. The van der Waals surface area contributed by atoms with Gasteiger partial charge in [-0.15, -0.1) is 0 Å². The van der Waals surface area contributed by atoms with E-state index in [1.807, 2.05) is 0 Å². The van der Waals surface area contributed by atoms with Gasteiger partial charge in [0.05, 0.1) is 22.0 Å². The van der Waals surface area contributed by atoms with Crippen LogP contribution in [0, 0.1) is 0 Å². The molecule has 0 unspecified atom stereocenters. The molecule has 116 valence electrons. The third kappa shape index (κ3) is 5.58. The average Bonchev–Trinajstić information content (AvgIpc) is 2.40. The maximum atomic E-state index is 11.5. The van der Waals surface area contributed by atoms with Crippen molar-refractivity contribution in [3.8, 4) is 0 Å². The molecular weight excluding hydrogens is 322 g/mol. The first-order chi connectivity index (χ1) is 9.75. The summed E-state index contributed by atoms with van der Waals surface area (Å²) in [5.41, 5.74) is 0.210. The first-order valence-electron chi connectivity index (χ1n) is 5.74. The van der Waals surface area contributed by atoms with Crippen LogP contribution in [0.15, 0.2) is 18.2 Å². The number of hydrogen-bond donors (Lipinski definition) is 4. The van der Waals surface area contributed by atoms with Crippen LogP contribution >= 0.6 is 11.6 Å². The van der Waals surface area contributed by atoms with Gasteiger partial charge in [-0.2, -0.15) is 0 Å². The Bertz CT molecular complexity index is 647. The number of benzene rings is 1. The van der Waals surface area contributed by atoms with Gasteiger partial charge in [-0.05, 0) is 25.2 Å². The molecule has 10 heteroatoms. The van der Waals surface area contributed by atoms with E-state index >= 15 is 0 Å². The van der Waals surface area contributed by atoms with Gasteiger partial charge in [0.25, 0.3) is 0 Å². The molecule has 0 aliphatic carbocycles. The van der Waals surface area contributed by atoms with Gasteiger partial charge >= 0.3 is 12.0 Å². The van der Waals surface area contributed by atoms with Crippen molar-refractivity contribution in [2.45, 2.75) is 0 Å². The Balaban J connectivity index is 2.58. The molecule has 1 aromatic rings. The van der Waals surface area contributed by atoms with Gasteiger partial charge in [0, 0.05) is 6.54 Å². The van der Waals surface area contributed by atoms with E-state index in [4.69, 9.17) is 16.7 Å². The summed E-state index contributed by atoms with van der Waals surface area (Å²) in [5.74, 6) is -1.40. The molecule has 0 atom stereocenters. The molecular formula is C11H14ClN3O5S. The van der Waals surface area contributed by atoms with E-state index in [9.17, 15) is 18.0 Å². The molecule has 21 heavy (non-hydrogen) atoms. The van der Waals surface area contributed by atoms with E-state index < -0.39 is 22.0 Å². The van der Waals surface area contributed by atoms with Gasteiger partial charge < -0.3 is 15.7 Å². The molecule has 8 nitrogen and oxygen atoms in total. The Labute approximate surface area is 126 Å². The van der Waals surface area contributed by atoms with Crippen LogP contribution in [0.5, 0.6) is 0 Å². The fourth-order valence-corrected chi connectivity index (χ4v) is 2.12. The molecule has 0 fully saturated rings. The van der Waals surface area contributed by atoms with Crippen LogP contribution in [0.25, 0.3) is 0 Å². The SMILES string of the molecule is CNS(=O)(=O)CCNC(=O)Nc1ccc(C(=O)O)cc1Cl. The van der Waals surface area contributed by atoms with Crippen molar-refractivity contribution in [2.75, 3.05) is 24.7 Å². The third-order valence-electron chi connectivity index (χ3n) is 2.43. The number of carbonyl (C=O) groups is 2. The number of carboxylic acids is 1. The van der Waals surface area contributed by atoms with E-state index in [0.717, 1.165) is 0 Å². The van der Waals surface area contributed by atoms with Crippen molar-refractivity contribution in [1.82, 2.24) is 10.0 Å². The van der Waals surface area contributed by atoms with Gasteiger partial charge in [-0.3, -0.25) is 0 Å². The lowest BCUT2D eigenvalue weighted by molar-refractivity contribution is 0.0697. The maximum Gasteiger partial charge on any atom is 0.335 e. The molecule has 0 bridgehead atoms. The second kappa shape index (κ2) is 7.25. The van der Waals surface area contributed by atoms with Crippen molar-refractivity contribution in [3.05, 3.63) is 28.8 Å². The lowest BCUT2D eigenvalue weighted by Crippen LogP contribution is -2.35. The number of anilines is 1. The summed E-state index contributed by atoms with van der Waals surface area (Å²) in [4.78, 5) is 22.3. The summed E-state index contributed by atoms with van der Waals surface area (Å²) in [6.07, 6.45) is 0. The number of nitrogens with one attached hydrogen (secondary N) is 3. The van der Waals surface area contributed by atoms with E-state index in [2.05, 4.69) is 15.4 Å². The Morgan fingerprint density at radius 2 is 2.00 bits per heavy atom. The quantitative estimate of drug-likeness (QED) is 0.609. The molecule has 2 amide bonds. The zero-order valence-electron chi connectivity index (χ0n) is 11.0. The molecule has 0 heterocycles. The summed E-state index contributed by atoms with van der Waals surface area (Å²) < 4.78 is 24.4. The molecule has 1 aromatic carbocycles. The largest absolute Gasteiger partial charge is 0.478 e. The van der Waals surface area contributed by atoms with Crippen LogP contribution in [0.1, 0.15) is 10.4 Å². The van der Waals surface area contributed by atoms with Crippen molar-refractivity contribution in [2.24, 2.45) is 0 Å². The standard InChI is InChI=1S/C11H14ClN3O5S/c1-13-21(19,20)5-4-14-11(18)15-9-3-2-7(10(16)17)6-8(9)12/h2-3,6,13H,4-5H2,1H3,(H,16,17)(H2,14,15,18). The van der Waals surface area contributed by atoms with E-state index in [1.165, 1.54) is 25.2 Å². The molecule has 0 radical (unpaired) electrons. The highest BCUT2D eigenvalue weighted by atomic mass is 35.5. The Morgan fingerprint density at radius 1 is 1.33 bits per heavy atom. The van der Waals surface area contributed by atoms with Gasteiger partial charge in [0.15, 0.2) is 0 Å². The molecule has 4 N–H and O–H groups in total. The minimum Gasteiger partial charge on any atom is -0.478 e. The van der Waals surface area contributed by atoms with Crippen LogP contribution in [-0.4, -0.2) is 44.9 Å². The lowest BCUT2D eigenvalue weighted by atomic mass is 10.2. The number of sulfonamides is 1. The van der Waals surface area contributed by atoms with E-state index in [0.29, 0.717) is 0 Å². The third-order valence-corrected chi connectivity index (χ3v) is 4.11. The highest BCUT2D eigenvalue weighted by Gasteiger charge is 2.11. The average molecular weight is 336 g/mol. The number of amides is 2. The number of hydrogen-bond acceptors (Lipinski definition) is 4. The van der Waals surface area contributed by atoms with Crippen molar-refractivity contribution in [3.63, 3.8) is 0 Å². The summed E-state index contributed by atoms with van der Waals surface area (Å²) in [5, 5.41) is 13.6. The lowest BCUT2D eigenvalue weighted by Gasteiger charge is -2.09. The van der Waals surface area contributed by atoms with Crippen molar-refractivity contribution in [1.29, 1.82) is 0 Å². The van der Waals surface area contributed by atoms with Gasteiger partial charge in [-0.25, -0.2) is 22.7 Å². The second-order valence-corrected chi connectivity index (χ2v) is 6.36. The maximum absolute atomic E-state index is 11.5. The molecule has 0 saturated heterocycles. The predicted octanol–water partition coefficient (Wildman–Crippen LogP) is 0.709. The first-order valence-corrected chi connectivity index (χ1v) is 7.77. The number of rotatable bonds is 6. The van der Waals surface area contributed by atoms with Gasteiger partial charge in [-0.1, -0.05) is 11.6 Å². The monoisotopic (exact) mass is 335 g/mol. The summed E-state index contributed by atoms with van der Waals surface area (Å²) >= 11 is 5.83. The minimum absolute atomic E-state index is 0.00827. The van der Waals surface area contributed by atoms with Crippen LogP contribution in [0.2, 0.25) is 5.02 Å². The number of carboxylic acid groups (broad SMARTS) is 1. The predicted molar refractivity (Wildman–Crippen MR) is 78.3 cm³/mol. The minimum atomic E-state index is -3.40. The van der Waals surface area contributed by atoms with Crippen LogP contribution in [0.3, 0.4) is 0 Å².